The molecular formula is C10H10BrN5O2. The second kappa shape index (κ2) is 5.58. The molecule has 0 radical (unpaired) electrons. The zero-order valence-electron chi connectivity index (χ0n) is 9.25. The number of aromatic nitrogens is 4. The molecule has 2 rings (SSSR count). The van der Waals surface area contributed by atoms with E-state index >= 15 is 0 Å². The molecule has 0 atom stereocenters. The molecule has 0 unspecified atom stereocenters. The number of phenols is 1. The minimum absolute atomic E-state index is 0.0687. The molecule has 18 heavy (non-hydrogen) atoms. The third kappa shape index (κ3) is 3.04. The van der Waals surface area contributed by atoms with Crippen molar-refractivity contribution in [3.8, 4) is 5.75 Å². The predicted molar refractivity (Wildman–Crippen MR) is 66.0 cm³/mol. The van der Waals surface area contributed by atoms with Crippen molar-refractivity contribution in [1.82, 2.24) is 25.5 Å². The average Bonchev–Trinajstić information content (AvgIpc) is 2.81. The van der Waals surface area contributed by atoms with Crippen molar-refractivity contribution in [2.24, 2.45) is 0 Å². The number of tetrazole rings is 1. The van der Waals surface area contributed by atoms with Crippen LogP contribution in [0.5, 0.6) is 5.75 Å². The number of amides is 1. The van der Waals surface area contributed by atoms with E-state index < -0.39 is 0 Å². The van der Waals surface area contributed by atoms with Crippen LogP contribution >= 0.6 is 15.9 Å². The molecule has 0 saturated heterocycles. The number of hydrogen-bond acceptors (Lipinski definition) is 5. The van der Waals surface area contributed by atoms with Crippen LogP contribution in [-0.2, 0) is 6.54 Å². The highest BCUT2D eigenvalue weighted by Gasteiger charge is 2.10. The highest BCUT2D eigenvalue weighted by molar-refractivity contribution is 9.10. The maximum atomic E-state index is 11.8. The Labute approximate surface area is 111 Å². The first kappa shape index (κ1) is 12.5. The molecule has 0 bridgehead atoms. The van der Waals surface area contributed by atoms with Crippen LogP contribution < -0.4 is 5.32 Å². The lowest BCUT2D eigenvalue weighted by Gasteiger charge is -2.06. The summed E-state index contributed by atoms with van der Waals surface area (Å²) < 4.78 is 0.711. The molecule has 2 N–H and O–H groups in total. The minimum Gasteiger partial charge on any atom is -0.507 e. The molecule has 0 spiro atoms. The Kier molecular flexibility index (Phi) is 3.88. The molecule has 2 aromatic rings. The third-order valence-corrected chi connectivity index (χ3v) is 2.69. The molecule has 8 heteroatoms. The van der Waals surface area contributed by atoms with E-state index in [1.54, 1.807) is 12.1 Å². The summed E-state index contributed by atoms with van der Waals surface area (Å²) in [6.07, 6.45) is 1.32. The Morgan fingerprint density at radius 2 is 2.33 bits per heavy atom. The number of rotatable bonds is 4. The monoisotopic (exact) mass is 311 g/mol. The Morgan fingerprint density at radius 3 is 3.00 bits per heavy atom. The number of hydrogen-bond donors (Lipinski definition) is 2. The van der Waals surface area contributed by atoms with E-state index in [1.807, 2.05) is 0 Å². The van der Waals surface area contributed by atoms with Crippen molar-refractivity contribution in [3.05, 3.63) is 34.6 Å². The van der Waals surface area contributed by atoms with Gasteiger partial charge in [-0.05, 0) is 23.4 Å². The van der Waals surface area contributed by atoms with Gasteiger partial charge < -0.3 is 10.4 Å². The Balaban J connectivity index is 1.91. The second-order valence-electron chi connectivity index (χ2n) is 3.45. The summed E-state index contributed by atoms with van der Waals surface area (Å²) in [5.41, 5.74) is 0.227. The molecule has 94 valence electrons. The summed E-state index contributed by atoms with van der Waals surface area (Å²) in [6.45, 7) is 0.772. The van der Waals surface area contributed by atoms with Gasteiger partial charge in [0.25, 0.3) is 5.91 Å². The molecule has 0 aliphatic carbocycles. The molecule has 0 aliphatic heterocycles. The van der Waals surface area contributed by atoms with Gasteiger partial charge >= 0.3 is 0 Å². The number of halogens is 1. The SMILES string of the molecule is O=C(NCCn1ncnn1)c1ccc(Br)cc1O. The number of aromatic hydroxyl groups is 1. The van der Waals surface area contributed by atoms with E-state index in [0.29, 0.717) is 17.6 Å². The van der Waals surface area contributed by atoms with Crippen LogP contribution in [0.25, 0.3) is 0 Å². The van der Waals surface area contributed by atoms with Crippen LogP contribution in [0.1, 0.15) is 10.4 Å². The summed E-state index contributed by atoms with van der Waals surface area (Å²) in [6, 6.07) is 4.70. The summed E-state index contributed by atoms with van der Waals surface area (Å²) in [5, 5.41) is 23.3. The first-order chi connectivity index (χ1) is 8.66. The predicted octanol–water partition coefficient (Wildman–Crippen LogP) is 0.571. The maximum Gasteiger partial charge on any atom is 0.255 e. The third-order valence-electron chi connectivity index (χ3n) is 2.19. The number of nitrogens with one attached hydrogen (secondary N) is 1. The summed E-state index contributed by atoms with van der Waals surface area (Å²) in [7, 11) is 0. The number of nitrogens with zero attached hydrogens (tertiary/aromatic N) is 4. The van der Waals surface area contributed by atoms with Gasteiger partial charge in [-0.25, -0.2) is 0 Å². The fourth-order valence-corrected chi connectivity index (χ4v) is 1.70. The Bertz CT molecular complexity index is 543. The van der Waals surface area contributed by atoms with Gasteiger partial charge in [-0.15, -0.1) is 10.2 Å². The highest BCUT2D eigenvalue weighted by Crippen LogP contribution is 2.21. The van der Waals surface area contributed by atoms with E-state index in [1.165, 1.54) is 17.2 Å². The standard InChI is InChI=1S/C10H10BrN5O2/c11-7-1-2-8(9(17)5-7)10(18)12-3-4-16-14-6-13-15-16/h1-2,5-6,17H,3-4H2,(H,12,18). The van der Waals surface area contributed by atoms with E-state index in [2.05, 4.69) is 36.7 Å². The quantitative estimate of drug-likeness (QED) is 0.861. The molecule has 1 aromatic heterocycles. The normalized spacial score (nSPS) is 10.3. The fourth-order valence-electron chi connectivity index (χ4n) is 1.35. The fraction of sp³-hybridized carbons (Fsp3) is 0.200. The largest absolute Gasteiger partial charge is 0.507 e. The molecule has 0 aliphatic rings. The van der Waals surface area contributed by atoms with Crippen molar-refractivity contribution in [2.75, 3.05) is 6.54 Å². The van der Waals surface area contributed by atoms with Gasteiger partial charge in [0.2, 0.25) is 0 Å². The first-order valence-electron chi connectivity index (χ1n) is 5.14. The van der Waals surface area contributed by atoms with Gasteiger partial charge in [0.15, 0.2) is 6.33 Å². The Morgan fingerprint density at radius 1 is 1.50 bits per heavy atom. The summed E-state index contributed by atoms with van der Waals surface area (Å²) >= 11 is 3.21. The van der Waals surface area contributed by atoms with Gasteiger partial charge in [0.05, 0.1) is 12.1 Å². The van der Waals surface area contributed by atoms with Crippen LogP contribution in [0.4, 0.5) is 0 Å². The molecule has 0 fully saturated rings. The molecule has 1 amide bonds. The van der Waals surface area contributed by atoms with Gasteiger partial charge in [0.1, 0.15) is 5.75 Å². The number of phenolic OH excluding ortho intramolecular Hbond substituents is 1. The molecular weight excluding hydrogens is 302 g/mol. The van der Waals surface area contributed by atoms with E-state index in [0.717, 1.165) is 0 Å². The number of benzene rings is 1. The summed E-state index contributed by atoms with van der Waals surface area (Å²) in [5.74, 6) is -0.416. The smallest absolute Gasteiger partial charge is 0.255 e. The van der Waals surface area contributed by atoms with Gasteiger partial charge in [-0.1, -0.05) is 15.9 Å². The molecule has 1 aromatic carbocycles. The van der Waals surface area contributed by atoms with Crippen LogP contribution in [0.15, 0.2) is 29.0 Å². The van der Waals surface area contributed by atoms with E-state index in [-0.39, 0.29) is 17.2 Å². The maximum absolute atomic E-state index is 11.8. The zero-order chi connectivity index (χ0) is 13.0. The summed E-state index contributed by atoms with van der Waals surface area (Å²) in [4.78, 5) is 13.1. The topological polar surface area (TPSA) is 92.9 Å². The van der Waals surface area contributed by atoms with Crippen molar-refractivity contribution < 1.29 is 9.90 Å². The van der Waals surface area contributed by atoms with Crippen molar-refractivity contribution in [3.63, 3.8) is 0 Å². The lowest BCUT2D eigenvalue weighted by atomic mass is 10.2. The zero-order valence-corrected chi connectivity index (χ0v) is 10.8. The second-order valence-corrected chi connectivity index (χ2v) is 4.36. The highest BCUT2D eigenvalue weighted by atomic mass is 79.9. The van der Waals surface area contributed by atoms with Crippen molar-refractivity contribution in [1.29, 1.82) is 0 Å². The first-order valence-corrected chi connectivity index (χ1v) is 5.93. The molecule has 7 nitrogen and oxygen atoms in total. The van der Waals surface area contributed by atoms with Gasteiger partial charge in [0, 0.05) is 11.0 Å². The number of carbonyl (C=O) groups excluding carboxylic acids is 1. The average molecular weight is 312 g/mol. The Hall–Kier alpha value is -1.96. The molecule has 0 saturated carbocycles. The van der Waals surface area contributed by atoms with E-state index in [4.69, 9.17) is 0 Å². The minimum atomic E-state index is -0.347. The van der Waals surface area contributed by atoms with Gasteiger partial charge in [-0.3, -0.25) is 4.79 Å². The van der Waals surface area contributed by atoms with Crippen LogP contribution in [0.3, 0.4) is 0 Å². The van der Waals surface area contributed by atoms with Crippen molar-refractivity contribution >= 4 is 21.8 Å². The van der Waals surface area contributed by atoms with Crippen LogP contribution in [-0.4, -0.2) is 37.8 Å². The number of carbonyl (C=O) groups is 1. The van der Waals surface area contributed by atoms with E-state index in [9.17, 15) is 9.90 Å². The lowest BCUT2D eigenvalue weighted by molar-refractivity contribution is 0.0948. The van der Waals surface area contributed by atoms with Crippen LogP contribution in [0.2, 0.25) is 0 Å². The lowest BCUT2D eigenvalue weighted by Crippen LogP contribution is -2.27. The van der Waals surface area contributed by atoms with Gasteiger partial charge in [-0.2, -0.15) is 4.80 Å². The molecule has 1 heterocycles. The van der Waals surface area contributed by atoms with Crippen LogP contribution in [0, 0.1) is 0 Å². The van der Waals surface area contributed by atoms with Crippen molar-refractivity contribution in [2.45, 2.75) is 6.54 Å².